The molecule has 1 aromatic rings. The highest BCUT2D eigenvalue weighted by atomic mass is 16.5. The summed E-state index contributed by atoms with van der Waals surface area (Å²) in [5, 5.41) is 18.4. The van der Waals surface area contributed by atoms with Crippen LogP contribution in [-0.4, -0.2) is 56.6 Å². The molecule has 19 heavy (non-hydrogen) atoms. The van der Waals surface area contributed by atoms with Gasteiger partial charge in [0.2, 0.25) is 0 Å². The Labute approximate surface area is 114 Å². The van der Waals surface area contributed by atoms with Crippen molar-refractivity contribution in [3.05, 3.63) is 12.2 Å². The second-order valence-electron chi connectivity index (χ2n) is 5.33. The maximum absolute atomic E-state index is 10.4. The van der Waals surface area contributed by atoms with Crippen LogP contribution >= 0.6 is 0 Å². The zero-order chi connectivity index (χ0) is 13.9. The molecule has 0 aromatic carbocycles. The molecule has 0 bridgehead atoms. The molecule has 0 radical (unpaired) electrons. The van der Waals surface area contributed by atoms with Gasteiger partial charge in [0, 0.05) is 26.7 Å². The molecule has 1 fully saturated rings. The minimum absolute atomic E-state index is 0.0563. The Morgan fingerprint density at radius 1 is 1.47 bits per heavy atom. The molecule has 6 heteroatoms. The first-order valence-corrected chi connectivity index (χ1v) is 6.98. The highest BCUT2D eigenvalue weighted by molar-refractivity contribution is 4.95. The van der Waals surface area contributed by atoms with E-state index in [9.17, 15) is 5.11 Å². The van der Waals surface area contributed by atoms with E-state index in [4.69, 9.17) is 4.74 Å². The SMILES string of the molecule is CCC(O)(CC)CN1CCO[C@H](c2nncn2C)C1. The summed E-state index contributed by atoms with van der Waals surface area (Å²) in [4.78, 5) is 2.26. The molecule has 6 nitrogen and oxygen atoms in total. The number of rotatable bonds is 5. The maximum atomic E-state index is 10.4. The van der Waals surface area contributed by atoms with Crippen LogP contribution in [0.15, 0.2) is 6.33 Å². The van der Waals surface area contributed by atoms with Crippen LogP contribution in [0.4, 0.5) is 0 Å². The van der Waals surface area contributed by atoms with Gasteiger partial charge >= 0.3 is 0 Å². The first-order valence-electron chi connectivity index (χ1n) is 6.98. The van der Waals surface area contributed by atoms with Crippen molar-refractivity contribution >= 4 is 0 Å². The number of hydrogen-bond donors (Lipinski definition) is 1. The molecule has 2 rings (SSSR count). The fraction of sp³-hybridized carbons (Fsp3) is 0.846. The van der Waals surface area contributed by atoms with E-state index in [1.165, 1.54) is 0 Å². The fourth-order valence-corrected chi connectivity index (χ4v) is 2.48. The van der Waals surface area contributed by atoms with Crippen molar-refractivity contribution in [2.24, 2.45) is 7.05 Å². The van der Waals surface area contributed by atoms with Crippen molar-refractivity contribution in [3.63, 3.8) is 0 Å². The van der Waals surface area contributed by atoms with Gasteiger partial charge in [0.05, 0.1) is 12.2 Å². The third kappa shape index (κ3) is 3.32. The molecule has 1 aromatic heterocycles. The van der Waals surface area contributed by atoms with Crippen molar-refractivity contribution in [1.29, 1.82) is 0 Å². The van der Waals surface area contributed by atoms with Gasteiger partial charge in [-0.3, -0.25) is 4.90 Å². The molecule has 0 aliphatic carbocycles. The average molecular weight is 268 g/mol. The summed E-state index contributed by atoms with van der Waals surface area (Å²) in [7, 11) is 1.92. The number of ether oxygens (including phenoxy) is 1. The minimum Gasteiger partial charge on any atom is -0.389 e. The molecule has 2 heterocycles. The highest BCUT2D eigenvalue weighted by Crippen LogP contribution is 2.23. The summed E-state index contributed by atoms with van der Waals surface area (Å²) in [6, 6.07) is 0. The minimum atomic E-state index is -0.595. The molecule has 1 aliphatic rings. The lowest BCUT2D eigenvalue weighted by Gasteiger charge is -2.37. The number of aromatic nitrogens is 3. The van der Waals surface area contributed by atoms with Crippen molar-refractivity contribution in [2.45, 2.75) is 38.4 Å². The Bertz CT molecular complexity index is 403. The van der Waals surface area contributed by atoms with E-state index >= 15 is 0 Å². The van der Waals surface area contributed by atoms with Crippen LogP contribution in [0.5, 0.6) is 0 Å². The number of nitrogens with zero attached hydrogens (tertiary/aromatic N) is 4. The van der Waals surface area contributed by atoms with Crippen molar-refractivity contribution in [1.82, 2.24) is 19.7 Å². The number of aliphatic hydroxyl groups is 1. The summed E-state index contributed by atoms with van der Waals surface area (Å²) in [6.45, 7) is 7.04. The summed E-state index contributed by atoms with van der Waals surface area (Å²) in [5.74, 6) is 0.848. The van der Waals surface area contributed by atoms with E-state index in [0.29, 0.717) is 13.2 Å². The Hall–Kier alpha value is -0.980. The van der Waals surface area contributed by atoms with Gasteiger partial charge in [0.1, 0.15) is 12.4 Å². The van der Waals surface area contributed by atoms with Gasteiger partial charge in [-0.05, 0) is 12.8 Å². The Balaban J connectivity index is 2.00. The lowest BCUT2D eigenvalue weighted by Crippen LogP contribution is -2.48. The zero-order valence-corrected chi connectivity index (χ0v) is 12.0. The Kier molecular flexibility index (Phi) is 4.54. The third-order valence-corrected chi connectivity index (χ3v) is 4.02. The van der Waals surface area contributed by atoms with E-state index in [2.05, 4.69) is 15.1 Å². The monoisotopic (exact) mass is 268 g/mol. The summed E-state index contributed by atoms with van der Waals surface area (Å²) >= 11 is 0. The lowest BCUT2D eigenvalue weighted by molar-refractivity contribution is -0.0714. The van der Waals surface area contributed by atoms with Gasteiger partial charge in [-0.25, -0.2) is 0 Å². The maximum Gasteiger partial charge on any atom is 0.163 e. The Morgan fingerprint density at radius 2 is 2.21 bits per heavy atom. The van der Waals surface area contributed by atoms with Gasteiger partial charge < -0.3 is 14.4 Å². The number of aryl methyl sites for hydroxylation is 1. The summed E-state index contributed by atoms with van der Waals surface area (Å²) in [6.07, 6.45) is 3.18. The molecular weight excluding hydrogens is 244 g/mol. The zero-order valence-electron chi connectivity index (χ0n) is 12.0. The molecular formula is C13H24N4O2. The van der Waals surface area contributed by atoms with Crippen molar-refractivity contribution < 1.29 is 9.84 Å². The molecule has 0 amide bonds. The van der Waals surface area contributed by atoms with E-state index in [1.54, 1.807) is 6.33 Å². The second-order valence-corrected chi connectivity index (χ2v) is 5.33. The number of β-amino-alcohol motifs (C(OH)–C–C–N with tert-alkyl or cyclic N) is 1. The molecule has 1 saturated heterocycles. The molecule has 1 atom stereocenters. The lowest BCUT2D eigenvalue weighted by atomic mass is 9.96. The normalized spacial score (nSPS) is 21.8. The topological polar surface area (TPSA) is 63.4 Å². The Morgan fingerprint density at radius 3 is 2.79 bits per heavy atom. The fourth-order valence-electron chi connectivity index (χ4n) is 2.48. The summed E-state index contributed by atoms with van der Waals surface area (Å²) < 4.78 is 7.66. The van der Waals surface area contributed by atoms with Crippen molar-refractivity contribution in [2.75, 3.05) is 26.2 Å². The first kappa shape index (κ1) is 14.4. The van der Waals surface area contributed by atoms with Gasteiger partial charge in [-0.2, -0.15) is 0 Å². The van der Waals surface area contributed by atoms with Gasteiger partial charge in [0.25, 0.3) is 0 Å². The van der Waals surface area contributed by atoms with Crippen LogP contribution < -0.4 is 0 Å². The van der Waals surface area contributed by atoms with Crippen LogP contribution in [-0.2, 0) is 11.8 Å². The van der Waals surface area contributed by atoms with Gasteiger partial charge in [0.15, 0.2) is 5.82 Å². The smallest absolute Gasteiger partial charge is 0.163 e. The van der Waals surface area contributed by atoms with E-state index in [-0.39, 0.29) is 6.10 Å². The predicted octanol–water partition coefficient (Wildman–Crippen LogP) is 0.739. The molecule has 1 aliphatic heterocycles. The number of morpholine rings is 1. The first-order chi connectivity index (χ1) is 9.08. The van der Waals surface area contributed by atoms with E-state index in [1.807, 2.05) is 25.5 Å². The van der Waals surface area contributed by atoms with Gasteiger partial charge in [-0.1, -0.05) is 13.8 Å². The standard InChI is InChI=1S/C13H24N4O2/c1-4-13(18,5-2)9-17-6-7-19-11(8-17)12-15-14-10-16(12)3/h10-11,18H,4-9H2,1-3H3/t11-/m0/s1. The van der Waals surface area contributed by atoms with Gasteiger partial charge in [-0.15, -0.1) is 10.2 Å². The highest BCUT2D eigenvalue weighted by Gasteiger charge is 2.31. The van der Waals surface area contributed by atoms with Crippen LogP contribution in [0.3, 0.4) is 0 Å². The van der Waals surface area contributed by atoms with Crippen LogP contribution in [0.1, 0.15) is 38.6 Å². The molecule has 0 saturated carbocycles. The predicted molar refractivity (Wildman–Crippen MR) is 71.7 cm³/mol. The van der Waals surface area contributed by atoms with E-state index in [0.717, 1.165) is 31.8 Å². The average Bonchev–Trinajstić information content (AvgIpc) is 2.85. The summed E-state index contributed by atoms with van der Waals surface area (Å²) in [5.41, 5.74) is -0.595. The molecule has 108 valence electrons. The molecule has 1 N–H and O–H groups in total. The third-order valence-electron chi connectivity index (χ3n) is 4.02. The van der Waals surface area contributed by atoms with Crippen LogP contribution in [0.25, 0.3) is 0 Å². The van der Waals surface area contributed by atoms with Crippen molar-refractivity contribution in [3.8, 4) is 0 Å². The largest absolute Gasteiger partial charge is 0.389 e. The van der Waals surface area contributed by atoms with Crippen LogP contribution in [0.2, 0.25) is 0 Å². The van der Waals surface area contributed by atoms with Crippen LogP contribution in [0, 0.1) is 0 Å². The quantitative estimate of drug-likeness (QED) is 0.853. The van der Waals surface area contributed by atoms with E-state index < -0.39 is 5.60 Å². The second kappa shape index (κ2) is 5.98. The number of hydrogen-bond acceptors (Lipinski definition) is 5. The molecule has 0 unspecified atom stereocenters. The molecule has 0 spiro atoms.